The fourth-order valence-electron chi connectivity index (χ4n) is 1.53. The first-order valence-electron chi connectivity index (χ1n) is 5.40. The molecule has 0 saturated carbocycles. The Hall–Kier alpha value is -0.645. The van der Waals surface area contributed by atoms with Crippen LogP contribution in [0.1, 0.15) is 27.7 Å². The summed E-state index contributed by atoms with van der Waals surface area (Å²) in [5.74, 6) is -0.549. The fraction of sp³-hybridized carbons (Fsp3) is 0.545. The summed E-state index contributed by atoms with van der Waals surface area (Å²) in [6.07, 6.45) is 0. The molecule has 1 aromatic heterocycles. The van der Waals surface area contributed by atoms with Crippen LogP contribution in [0.4, 0.5) is 4.39 Å². The first kappa shape index (κ1) is 12.8. The van der Waals surface area contributed by atoms with Crippen molar-refractivity contribution in [2.24, 2.45) is 0 Å². The van der Waals surface area contributed by atoms with E-state index in [0.717, 1.165) is 0 Å². The molecule has 6 heteroatoms. The Bertz CT molecular complexity index is 437. The summed E-state index contributed by atoms with van der Waals surface area (Å²) < 4.78 is 24.6. The molecule has 0 unspecified atom stereocenters. The van der Waals surface area contributed by atoms with Gasteiger partial charge in [0.2, 0.25) is 0 Å². The van der Waals surface area contributed by atoms with Crippen LogP contribution in [0.25, 0.3) is 0 Å². The van der Waals surface area contributed by atoms with E-state index in [4.69, 9.17) is 20.9 Å². The maximum atomic E-state index is 13.0. The Morgan fingerprint density at radius 1 is 1.18 bits per heavy atom. The van der Waals surface area contributed by atoms with E-state index in [1.165, 1.54) is 12.1 Å². The maximum absolute atomic E-state index is 13.0. The summed E-state index contributed by atoms with van der Waals surface area (Å²) in [5.41, 5.74) is -0.407. The topological polar surface area (TPSA) is 31.4 Å². The number of rotatable bonds is 1. The monoisotopic (exact) mass is 257 g/mol. The van der Waals surface area contributed by atoms with Crippen molar-refractivity contribution < 1.29 is 13.7 Å². The Morgan fingerprint density at radius 2 is 1.71 bits per heavy atom. The molecule has 0 radical (unpaired) electrons. The lowest BCUT2D eigenvalue weighted by molar-refractivity contribution is 0.00578. The Kier molecular flexibility index (Phi) is 2.96. The SMILES string of the molecule is CC1(C)OB(c2ccc(F)c(Cl)n2)OC1(C)C. The van der Waals surface area contributed by atoms with E-state index in [1.807, 2.05) is 27.7 Å². The lowest BCUT2D eigenvalue weighted by Gasteiger charge is -2.32. The third-order valence-electron chi connectivity index (χ3n) is 3.32. The predicted octanol–water partition coefficient (Wildman–Crippen LogP) is 2.17. The molecular formula is C11H14BClFNO2. The highest BCUT2D eigenvalue weighted by Crippen LogP contribution is 2.36. The summed E-state index contributed by atoms with van der Waals surface area (Å²) in [6, 6.07) is 2.78. The zero-order chi connectivity index (χ0) is 12.8. The van der Waals surface area contributed by atoms with Crippen LogP contribution in [-0.4, -0.2) is 23.3 Å². The minimum Gasteiger partial charge on any atom is -0.398 e. The minimum absolute atomic E-state index is 0.169. The molecule has 1 aliphatic rings. The van der Waals surface area contributed by atoms with Crippen LogP contribution in [0.2, 0.25) is 5.15 Å². The molecule has 0 bridgehead atoms. The van der Waals surface area contributed by atoms with E-state index in [-0.39, 0.29) is 5.15 Å². The van der Waals surface area contributed by atoms with Gasteiger partial charge in [0.05, 0.1) is 16.8 Å². The van der Waals surface area contributed by atoms with Crippen LogP contribution in [-0.2, 0) is 9.31 Å². The van der Waals surface area contributed by atoms with Gasteiger partial charge in [-0.1, -0.05) is 11.6 Å². The summed E-state index contributed by atoms with van der Waals surface area (Å²) in [4.78, 5) is 3.93. The molecule has 0 amide bonds. The maximum Gasteiger partial charge on any atom is 0.514 e. The first-order chi connectivity index (χ1) is 7.73. The zero-order valence-electron chi connectivity index (χ0n) is 10.3. The summed E-state index contributed by atoms with van der Waals surface area (Å²) in [7, 11) is -0.613. The fourth-order valence-corrected chi connectivity index (χ4v) is 1.69. The summed E-state index contributed by atoms with van der Waals surface area (Å²) in [6.45, 7) is 7.77. The van der Waals surface area contributed by atoms with Crippen LogP contribution in [0.3, 0.4) is 0 Å². The quantitative estimate of drug-likeness (QED) is 0.571. The third kappa shape index (κ3) is 2.19. The molecule has 1 saturated heterocycles. The Morgan fingerprint density at radius 3 is 2.18 bits per heavy atom. The zero-order valence-corrected chi connectivity index (χ0v) is 11.0. The van der Waals surface area contributed by atoms with Crippen molar-refractivity contribution in [2.75, 3.05) is 0 Å². The number of pyridine rings is 1. The molecule has 92 valence electrons. The minimum atomic E-state index is -0.613. The summed E-state index contributed by atoms with van der Waals surface area (Å²) in [5, 5.41) is -0.169. The summed E-state index contributed by atoms with van der Waals surface area (Å²) >= 11 is 5.64. The lowest BCUT2D eigenvalue weighted by Crippen LogP contribution is -2.41. The highest BCUT2D eigenvalue weighted by Gasteiger charge is 2.52. The van der Waals surface area contributed by atoms with Gasteiger partial charge in [-0.05, 0) is 39.8 Å². The molecule has 2 heterocycles. The van der Waals surface area contributed by atoms with Gasteiger partial charge in [-0.2, -0.15) is 0 Å². The predicted molar refractivity (Wildman–Crippen MR) is 64.9 cm³/mol. The van der Waals surface area contributed by atoms with Crippen molar-refractivity contribution in [3.8, 4) is 0 Å². The average molecular weight is 258 g/mol. The molecule has 1 fully saturated rings. The van der Waals surface area contributed by atoms with Gasteiger partial charge in [-0.15, -0.1) is 0 Å². The molecule has 0 aliphatic carbocycles. The van der Waals surface area contributed by atoms with Gasteiger partial charge in [0.25, 0.3) is 0 Å². The molecule has 17 heavy (non-hydrogen) atoms. The Labute approximate surface area is 105 Å². The number of hydrogen-bond acceptors (Lipinski definition) is 3. The second-order valence-electron chi connectivity index (χ2n) is 5.10. The highest BCUT2D eigenvalue weighted by atomic mass is 35.5. The van der Waals surface area contributed by atoms with Crippen LogP contribution in [0.15, 0.2) is 12.1 Å². The number of nitrogens with zero attached hydrogens (tertiary/aromatic N) is 1. The molecule has 3 nitrogen and oxygen atoms in total. The molecular weight excluding hydrogens is 243 g/mol. The van der Waals surface area contributed by atoms with Gasteiger partial charge in [0.15, 0.2) is 11.0 Å². The third-order valence-corrected chi connectivity index (χ3v) is 3.58. The molecule has 2 rings (SSSR count). The molecule has 0 N–H and O–H groups in total. The highest BCUT2D eigenvalue weighted by molar-refractivity contribution is 6.61. The molecule has 0 atom stereocenters. The van der Waals surface area contributed by atoms with Gasteiger partial charge in [-0.25, -0.2) is 9.37 Å². The van der Waals surface area contributed by atoms with Crippen molar-refractivity contribution in [1.82, 2.24) is 4.98 Å². The smallest absolute Gasteiger partial charge is 0.398 e. The van der Waals surface area contributed by atoms with Crippen LogP contribution in [0.5, 0.6) is 0 Å². The van der Waals surface area contributed by atoms with E-state index >= 15 is 0 Å². The second-order valence-corrected chi connectivity index (χ2v) is 5.46. The molecule has 1 aromatic rings. The molecule has 0 spiro atoms. The lowest BCUT2D eigenvalue weighted by atomic mass is 9.84. The van der Waals surface area contributed by atoms with Crippen molar-refractivity contribution in [3.63, 3.8) is 0 Å². The van der Waals surface area contributed by atoms with Gasteiger partial charge >= 0.3 is 7.12 Å². The van der Waals surface area contributed by atoms with Crippen molar-refractivity contribution >= 4 is 24.3 Å². The normalized spacial score (nSPS) is 21.9. The van der Waals surface area contributed by atoms with E-state index in [9.17, 15) is 4.39 Å². The van der Waals surface area contributed by atoms with Crippen molar-refractivity contribution in [1.29, 1.82) is 0 Å². The van der Waals surface area contributed by atoms with E-state index in [0.29, 0.717) is 5.59 Å². The number of halogens is 2. The Balaban J connectivity index is 2.29. The second kappa shape index (κ2) is 3.94. The standard InChI is InChI=1S/C11H14BClFNO2/c1-10(2)11(3,4)17-12(16-10)8-6-5-7(14)9(13)15-8/h5-6H,1-4H3. The van der Waals surface area contributed by atoms with E-state index in [2.05, 4.69) is 4.98 Å². The average Bonchev–Trinajstić information content (AvgIpc) is 2.41. The van der Waals surface area contributed by atoms with E-state index < -0.39 is 24.1 Å². The largest absolute Gasteiger partial charge is 0.514 e. The van der Waals surface area contributed by atoms with Gasteiger partial charge < -0.3 is 9.31 Å². The van der Waals surface area contributed by atoms with Crippen LogP contribution in [0, 0.1) is 5.82 Å². The van der Waals surface area contributed by atoms with Gasteiger partial charge in [0, 0.05) is 0 Å². The van der Waals surface area contributed by atoms with Crippen molar-refractivity contribution in [2.45, 2.75) is 38.9 Å². The van der Waals surface area contributed by atoms with E-state index in [1.54, 1.807) is 0 Å². The molecule has 1 aliphatic heterocycles. The van der Waals surface area contributed by atoms with Gasteiger partial charge in [0.1, 0.15) is 0 Å². The van der Waals surface area contributed by atoms with Crippen LogP contribution >= 0.6 is 11.6 Å². The van der Waals surface area contributed by atoms with Crippen LogP contribution < -0.4 is 5.59 Å². The first-order valence-corrected chi connectivity index (χ1v) is 5.78. The van der Waals surface area contributed by atoms with Crippen molar-refractivity contribution in [3.05, 3.63) is 23.1 Å². The molecule has 0 aromatic carbocycles. The van der Waals surface area contributed by atoms with Gasteiger partial charge in [-0.3, -0.25) is 0 Å². The number of hydrogen-bond donors (Lipinski definition) is 0. The number of aromatic nitrogens is 1.